The fraction of sp³-hybridized carbons (Fsp3) is 1.00. The number of aliphatic hydroxyl groups excluding tert-OH is 1. The molecule has 4 heteroatoms. The highest BCUT2D eigenvalue weighted by Crippen LogP contribution is 2.09. The molecule has 1 saturated heterocycles. The first kappa shape index (κ1) is 11.8. The number of halogens is 2. The van der Waals surface area contributed by atoms with Crippen molar-refractivity contribution in [2.24, 2.45) is 0 Å². The smallest absolute Gasteiger partial charge is 0.339 e. The Morgan fingerprint density at radius 3 is 1.67 bits per heavy atom. The lowest BCUT2D eigenvalue weighted by Crippen LogP contribution is -2.26. The van der Waals surface area contributed by atoms with Gasteiger partial charge in [-0.15, -0.1) is 0 Å². The molecular weight excluding hydrogens is 164 g/mol. The fourth-order valence-corrected chi connectivity index (χ4v) is 1.26. The van der Waals surface area contributed by atoms with E-state index in [4.69, 9.17) is 5.11 Å². The van der Waals surface area contributed by atoms with Gasteiger partial charge in [0.25, 0.3) is 0 Å². The summed E-state index contributed by atoms with van der Waals surface area (Å²) in [5, 5.41) is 6.72. The van der Waals surface area contributed by atoms with Crippen LogP contribution < -0.4 is 0 Å². The quantitative estimate of drug-likeness (QED) is 0.665. The lowest BCUT2D eigenvalue weighted by molar-refractivity contribution is -0.0728. The van der Waals surface area contributed by atoms with E-state index in [2.05, 4.69) is 18.7 Å². The molecule has 0 bridgehead atoms. The van der Waals surface area contributed by atoms with Crippen LogP contribution in [-0.4, -0.2) is 35.7 Å². The first-order chi connectivity index (χ1) is 5.54. The van der Waals surface area contributed by atoms with Gasteiger partial charge in [-0.2, -0.15) is 8.78 Å². The zero-order valence-electron chi connectivity index (χ0n) is 7.63. The predicted molar refractivity (Wildman–Crippen MR) is 44.2 cm³/mol. The maximum Gasteiger partial charge on any atom is 0.342 e. The Bertz CT molecular complexity index is 100. The van der Waals surface area contributed by atoms with Gasteiger partial charge in [0.15, 0.2) is 0 Å². The van der Waals surface area contributed by atoms with E-state index in [1.54, 1.807) is 0 Å². The second-order valence-corrected chi connectivity index (χ2v) is 3.11. The van der Waals surface area contributed by atoms with Gasteiger partial charge in [0.1, 0.15) is 0 Å². The SMILES string of the molecule is CC(C)N1CCCC1.OC(F)F. The summed E-state index contributed by atoms with van der Waals surface area (Å²) in [5.41, 5.74) is 0. The van der Waals surface area contributed by atoms with E-state index in [0.29, 0.717) is 0 Å². The summed E-state index contributed by atoms with van der Waals surface area (Å²) in [6.07, 6.45) is 2.83. The van der Waals surface area contributed by atoms with Crippen LogP contribution >= 0.6 is 0 Å². The molecule has 1 aliphatic rings. The van der Waals surface area contributed by atoms with E-state index in [1.807, 2.05) is 0 Å². The molecule has 2 nitrogen and oxygen atoms in total. The average Bonchev–Trinajstić information content (AvgIpc) is 2.34. The van der Waals surface area contributed by atoms with E-state index >= 15 is 0 Å². The Labute approximate surface area is 72.2 Å². The number of nitrogens with zero attached hydrogens (tertiary/aromatic N) is 1. The van der Waals surface area contributed by atoms with Gasteiger partial charge < -0.3 is 10.0 Å². The molecule has 1 fully saturated rings. The Balaban J connectivity index is 0.000000261. The van der Waals surface area contributed by atoms with E-state index in [1.165, 1.54) is 25.9 Å². The van der Waals surface area contributed by atoms with Crippen molar-refractivity contribution in [1.82, 2.24) is 4.90 Å². The van der Waals surface area contributed by atoms with Crippen molar-refractivity contribution in [3.8, 4) is 0 Å². The van der Waals surface area contributed by atoms with Crippen LogP contribution in [0.4, 0.5) is 8.78 Å². The van der Waals surface area contributed by atoms with Crippen LogP contribution in [0.25, 0.3) is 0 Å². The summed E-state index contributed by atoms with van der Waals surface area (Å²) in [4.78, 5) is 2.53. The third-order valence-electron chi connectivity index (χ3n) is 1.87. The minimum Gasteiger partial charge on any atom is -0.339 e. The summed E-state index contributed by atoms with van der Waals surface area (Å²) in [6, 6.07) is 0.775. The molecule has 74 valence electrons. The zero-order valence-corrected chi connectivity index (χ0v) is 7.63. The first-order valence-electron chi connectivity index (χ1n) is 4.24. The minimum atomic E-state index is -3.17. The Morgan fingerprint density at radius 2 is 1.50 bits per heavy atom. The second-order valence-electron chi connectivity index (χ2n) is 3.11. The van der Waals surface area contributed by atoms with Gasteiger partial charge >= 0.3 is 6.61 Å². The first-order valence-corrected chi connectivity index (χ1v) is 4.24. The van der Waals surface area contributed by atoms with Crippen molar-refractivity contribution in [2.75, 3.05) is 13.1 Å². The molecule has 0 saturated carbocycles. The Hall–Kier alpha value is -0.220. The minimum absolute atomic E-state index is 0.775. The molecule has 12 heavy (non-hydrogen) atoms. The third kappa shape index (κ3) is 6.49. The van der Waals surface area contributed by atoms with Crippen LogP contribution in [0.5, 0.6) is 0 Å². The molecule has 0 amide bonds. The molecule has 0 unspecified atom stereocenters. The average molecular weight is 181 g/mol. The summed E-state index contributed by atoms with van der Waals surface area (Å²) >= 11 is 0. The number of hydrogen-bond acceptors (Lipinski definition) is 2. The number of alkyl halides is 2. The molecule has 0 spiro atoms. The maximum atomic E-state index is 9.89. The molecule has 1 N–H and O–H groups in total. The fourth-order valence-electron chi connectivity index (χ4n) is 1.26. The van der Waals surface area contributed by atoms with Gasteiger partial charge in [0.05, 0.1) is 0 Å². The number of aliphatic hydroxyl groups is 1. The van der Waals surface area contributed by atoms with E-state index in [-0.39, 0.29) is 0 Å². The van der Waals surface area contributed by atoms with E-state index < -0.39 is 6.61 Å². The lowest BCUT2D eigenvalue weighted by atomic mass is 10.3. The van der Waals surface area contributed by atoms with E-state index in [9.17, 15) is 8.78 Å². The molecule has 0 aromatic carbocycles. The molecule has 0 aromatic rings. The summed E-state index contributed by atoms with van der Waals surface area (Å²) < 4.78 is 19.8. The Morgan fingerprint density at radius 1 is 1.17 bits per heavy atom. The summed E-state index contributed by atoms with van der Waals surface area (Å²) in [7, 11) is 0. The van der Waals surface area contributed by atoms with Crippen LogP contribution in [0, 0.1) is 0 Å². The van der Waals surface area contributed by atoms with Crippen molar-refractivity contribution in [1.29, 1.82) is 0 Å². The van der Waals surface area contributed by atoms with Crippen LogP contribution in [0.1, 0.15) is 26.7 Å². The topological polar surface area (TPSA) is 23.5 Å². The van der Waals surface area contributed by atoms with Crippen molar-refractivity contribution >= 4 is 0 Å². The molecule has 1 heterocycles. The van der Waals surface area contributed by atoms with Gasteiger partial charge in [0, 0.05) is 6.04 Å². The normalized spacial score (nSPS) is 18.2. The third-order valence-corrected chi connectivity index (χ3v) is 1.87. The van der Waals surface area contributed by atoms with Crippen molar-refractivity contribution < 1.29 is 13.9 Å². The Kier molecular flexibility index (Phi) is 6.20. The van der Waals surface area contributed by atoms with Crippen molar-refractivity contribution in [3.63, 3.8) is 0 Å². The van der Waals surface area contributed by atoms with Gasteiger partial charge in [-0.1, -0.05) is 0 Å². The zero-order chi connectivity index (χ0) is 9.56. The van der Waals surface area contributed by atoms with Gasteiger partial charge in [0.2, 0.25) is 0 Å². The molecule has 0 aromatic heterocycles. The van der Waals surface area contributed by atoms with Crippen LogP contribution in [-0.2, 0) is 0 Å². The predicted octanol–water partition coefficient (Wildman–Crippen LogP) is 1.69. The van der Waals surface area contributed by atoms with Gasteiger partial charge in [-0.05, 0) is 39.8 Å². The second kappa shape index (κ2) is 6.31. The lowest BCUT2D eigenvalue weighted by Gasteiger charge is -2.18. The maximum absolute atomic E-state index is 9.89. The largest absolute Gasteiger partial charge is 0.342 e. The highest BCUT2D eigenvalue weighted by Gasteiger charge is 2.13. The van der Waals surface area contributed by atoms with Crippen LogP contribution in [0.2, 0.25) is 0 Å². The molecule has 0 atom stereocenters. The molecule has 0 aliphatic carbocycles. The number of likely N-dealkylation sites (tertiary alicyclic amines) is 1. The van der Waals surface area contributed by atoms with Crippen molar-refractivity contribution in [3.05, 3.63) is 0 Å². The van der Waals surface area contributed by atoms with Gasteiger partial charge in [-0.25, -0.2) is 0 Å². The monoisotopic (exact) mass is 181 g/mol. The number of rotatable bonds is 1. The summed E-state index contributed by atoms with van der Waals surface area (Å²) in [6.45, 7) is 4.03. The number of hydrogen-bond donors (Lipinski definition) is 1. The van der Waals surface area contributed by atoms with Crippen molar-refractivity contribution in [2.45, 2.75) is 39.3 Å². The standard InChI is InChI=1S/C7H15N.CH2F2O/c1-7(2)8-5-3-4-6-8;2-1(3)4/h7H,3-6H2,1-2H3;1,4H. The molecule has 1 rings (SSSR count). The van der Waals surface area contributed by atoms with Crippen LogP contribution in [0.15, 0.2) is 0 Å². The van der Waals surface area contributed by atoms with Gasteiger partial charge in [-0.3, -0.25) is 0 Å². The van der Waals surface area contributed by atoms with E-state index in [0.717, 1.165) is 6.04 Å². The molecular formula is C8H17F2NO. The highest BCUT2D eigenvalue weighted by atomic mass is 19.3. The highest BCUT2D eigenvalue weighted by molar-refractivity contribution is 4.68. The van der Waals surface area contributed by atoms with Crippen LogP contribution in [0.3, 0.4) is 0 Å². The summed E-state index contributed by atoms with van der Waals surface area (Å²) in [5.74, 6) is 0. The molecule has 0 radical (unpaired) electrons. The molecule has 1 aliphatic heterocycles.